The lowest BCUT2D eigenvalue weighted by Crippen LogP contribution is -2.34. The minimum atomic E-state index is -2.90. The van der Waals surface area contributed by atoms with Gasteiger partial charge >= 0.3 is 7.94 Å². The molecule has 0 radical (unpaired) electrons. The summed E-state index contributed by atoms with van der Waals surface area (Å²) in [6.45, 7) is 5.06. The molecule has 0 aromatic heterocycles. The summed E-state index contributed by atoms with van der Waals surface area (Å²) in [7, 11) is -2.90. The molecule has 0 saturated carbocycles. The van der Waals surface area contributed by atoms with E-state index in [-0.39, 0.29) is 5.41 Å². The summed E-state index contributed by atoms with van der Waals surface area (Å²) in [5, 5.41) is 0.642. The first-order valence-corrected chi connectivity index (χ1v) is 6.76. The van der Waals surface area contributed by atoms with Crippen LogP contribution in [0.4, 0.5) is 5.69 Å². The summed E-state index contributed by atoms with van der Waals surface area (Å²) < 4.78 is 11.0. The number of anilines is 1. The summed E-state index contributed by atoms with van der Waals surface area (Å²) in [4.78, 5) is 10.3. The number of nitrogen functional groups attached to an aromatic ring is 1. The first-order chi connectivity index (χ1) is 7.41. The van der Waals surface area contributed by atoms with Crippen molar-refractivity contribution in [2.24, 2.45) is 5.41 Å². The van der Waals surface area contributed by atoms with Crippen molar-refractivity contribution < 1.29 is 13.9 Å². The summed E-state index contributed by atoms with van der Waals surface area (Å²) in [6.07, 6.45) is 0. The molecular formula is C11H17NO3P+. The minimum Gasteiger partial charge on any atom is -0.399 e. The summed E-state index contributed by atoms with van der Waals surface area (Å²) in [5.41, 5.74) is 6.22. The molecule has 4 nitrogen and oxygen atoms in total. The molecule has 1 aliphatic rings. The minimum absolute atomic E-state index is 0.0491. The van der Waals surface area contributed by atoms with Crippen molar-refractivity contribution in [1.29, 1.82) is 0 Å². The van der Waals surface area contributed by atoms with Crippen LogP contribution in [-0.2, 0) is 9.05 Å². The van der Waals surface area contributed by atoms with Gasteiger partial charge in [0.25, 0.3) is 0 Å². The lowest BCUT2D eigenvalue weighted by Gasteiger charge is -2.31. The van der Waals surface area contributed by atoms with Crippen LogP contribution in [-0.4, -0.2) is 18.1 Å². The highest BCUT2D eigenvalue weighted by molar-refractivity contribution is 7.68. The van der Waals surface area contributed by atoms with E-state index in [1.54, 1.807) is 24.3 Å². The largest absolute Gasteiger partial charge is 0.446 e. The summed E-state index contributed by atoms with van der Waals surface area (Å²) in [5.74, 6) is 0. The van der Waals surface area contributed by atoms with Crippen LogP contribution in [0.25, 0.3) is 0 Å². The van der Waals surface area contributed by atoms with Crippen LogP contribution in [0.2, 0.25) is 0 Å². The first-order valence-electron chi connectivity index (χ1n) is 5.18. The third kappa shape index (κ3) is 2.36. The maximum Gasteiger partial charge on any atom is 0.446 e. The fraction of sp³-hybridized carbons (Fsp3) is 0.455. The van der Waals surface area contributed by atoms with Crippen molar-refractivity contribution >= 4 is 18.9 Å². The van der Waals surface area contributed by atoms with Crippen LogP contribution in [0.5, 0.6) is 0 Å². The average molecular weight is 242 g/mol. The second kappa shape index (κ2) is 3.97. The van der Waals surface area contributed by atoms with Gasteiger partial charge in [0.15, 0.2) is 5.30 Å². The normalized spacial score (nSPS) is 22.9. The Balaban J connectivity index is 2.21. The van der Waals surface area contributed by atoms with Gasteiger partial charge in [-0.25, -0.2) is 0 Å². The second-order valence-electron chi connectivity index (χ2n) is 4.83. The zero-order chi connectivity index (χ0) is 11.8. The van der Waals surface area contributed by atoms with Crippen molar-refractivity contribution in [2.45, 2.75) is 13.8 Å². The molecule has 1 aromatic rings. The Hall–Kier alpha value is -0.670. The van der Waals surface area contributed by atoms with E-state index < -0.39 is 7.94 Å². The molecule has 0 amide bonds. The second-order valence-corrected chi connectivity index (χ2v) is 6.90. The third-order valence-electron chi connectivity index (χ3n) is 2.46. The molecule has 0 bridgehead atoms. The Labute approximate surface area is 96.0 Å². The van der Waals surface area contributed by atoms with Crippen molar-refractivity contribution in [3.8, 4) is 0 Å². The number of rotatable bonds is 1. The lowest BCUT2D eigenvalue weighted by atomic mass is 9.97. The molecule has 5 heteroatoms. The molecule has 1 heterocycles. The van der Waals surface area contributed by atoms with Crippen LogP contribution in [0.1, 0.15) is 13.8 Å². The Morgan fingerprint density at radius 1 is 1.31 bits per heavy atom. The van der Waals surface area contributed by atoms with Crippen LogP contribution < -0.4 is 11.0 Å². The standard InChI is InChI=1S/C11H17NO3P/c1-11(2)7-14-16(13,15-8-11)10-5-3-4-9(12)6-10/h3-6,13H,7-8,12H2,1-2H3/q+1. The molecule has 0 atom stereocenters. The van der Waals surface area contributed by atoms with Gasteiger partial charge in [-0.05, 0) is 12.1 Å². The fourth-order valence-corrected chi connectivity index (χ4v) is 3.46. The highest BCUT2D eigenvalue weighted by atomic mass is 31.2. The van der Waals surface area contributed by atoms with Crippen LogP contribution in [0.3, 0.4) is 0 Å². The Kier molecular flexibility index (Phi) is 2.93. The Morgan fingerprint density at radius 3 is 2.50 bits per heavy atom. The van der Waals surface area contributed by atoms with Gasteiger partial charge in [-0.3, -0.25) is 0 Å². The molecule has 2 rings (SSSR count). The molecule has 0 spiro atoms. The highest BCUT2D eigenvalue weighted by Gasteiger charge is 2.50. The molecule has 88 valence electrons. The Bertz CT molecular complexity index is 385. The molecule has 1 saturated heterocycles. The molecule has 3 N–H and O–H groups in total. The SMILES string of the molecule is CC1(C)CO[P+](O)(c2cccc(N)c2)OC1. The predicted octanol–water partition coefficient (Wildman–Crippen LogP) is 1.72. The van der Waals surface area contributed by atoms with Crippen LogP contribution in [0, 0.1) is 5.41 Å². The van der Waals surface area contributed by atoms with Gasteiger partial charge in [-0.2, -0.15) is 13.9 Å². The molecule has 16 heavy (non-hydrogen) atoms. The molecule has 1 aromatic carbocycles. The van der Waals surface area contributed by atoms with Crippen molar-refractivity contribution in [2.75, 3.05) is 18.9 Å². The van der Waals surface area contributed by atoms with Crippen LogP contribution in [0.15, 0.2) is 24.3 Å². The number of hydrogen-bond acceptors (Lipinski definition) is 4. The monoisotopic (exact) mass is 242 g/mol. The van der Waals surface area contributed by atoms with Crippen molar-refractivity contribution in [3.05, 3.63) is 24.3 Å². The predicted molar refractivity (Wildman–Crippen MR) is 65.3 cm³/mol. The molecular weight excluding hydrogens is 225 g/mol. The number of benzene rings is 1. The molecule has 0 aliphatic carbocycles. The molecule has 1 fully saturated rings. The van der Waals surface area contributed by atoms with E-state index in [0.29, 0.717) is 24.2 Å². The van der Waals surface area contributed by atoms with Gasteiger partial charge in [0.2, 0.25) is 0 Å². The smallest absolute Gasteiger partial charge is 0.399 e. The molecule has 1 aliphatic heterocycles. The van der Waals surface area contributed by atoms with Crippen LogP contribution >= 0.6 is 7.94 Å². The average Bonchev–Trinajstić information content (AvgIpc) is 2.23. The van der Waals surface area contributed by atoms with E-state index in [4.69, 9.17) is 14.8 Å². The first kappa shape index (κ1) is 11.8. The van der Waals surface area contributed by atoms with Gasteiger partial charge in [0, 0.05) is 17.2 Å². The summed E-state index contributed by atoms with van der Waals surface area (Å²) >= 11 is 0. The lowest BCUT2D eigenvalue weighted by molar-refractivity contribution is 0.0313. The zero-order valence-corrected chi connectivity index (χ0v) is 10.4. The topological polar surface area (TPSA) is 64.7 Å². The maximum absolute atomic E-state index is 10.3. The van der Waals surface area contributed by atoms with Gasteiger partial charge < -0.3 is 5.73 Å². The van der Waals surface area contributed by atoms with Crippen molar-refractivity contribution in [1.82, 2.24) is 0 Å². The highest BCUT2D eigenvalue weighted by Crippen LogP contribution is 2.59. The summed E-state index contributed by atoms with van der Waals surface area (Å²) in [6, 6.07) is 7.03. The van der Waals surface area contributed by atoms with E-state index in [1.165, 1.54) is 0 Å². The quantitative estimate of drug-likeness (QED) is 0.581. The Morgan fingerprint density at radius 2 is 1.94 bits per heavy atom. The van der Waals surface area contributed by atoms with E-state index in [9.17, 15) is 4.89 Å². The van der Waals surface area contributed by atoms with E-state index >= 15 is 0 Å². The van der Waals surface area contributed by atoms with Gasteiger partial charge in [0.1, 0.15) is 13.2 Å². The van der Waals surface area contributed by atoms with Gasteiger partial charge in [-0.15, -0.1) is 0 Å². The van der Waals surface area contributed by atoms with Gasteiger partial charge in [0.05, 0.1) is 0 Å². The van der Waals surface area contributed by atoms with Gasteiger partial charge in [-0.1, -0.05) is 19.9 Å². The zero-order valence-electron chi connectivity index (χ0n) is 9.51. The maximum atomic E-state index is 10.3. The van der Waals surface area contributed by atoms with E-state index in [1.807, 2.05) is 13.8 Å². The third-order valence-corrected chi connectivity index (χ3v) is 4.35. The molecule has 0 unspecified atom stereocenters. The van der Waals surface area contributed by atoms with E-state index in [2.05, 4.69) is 0 Å². The number of nitrogens with two attached hydrogens (primary N) is 1. The number of hydrogen-bond donors (Lipinski definition) is 2. The van der Waals surface area contributed by atoms with Crippen molar-refractivity contribution in [3.63, 3.8) is 0 Å². The van der Waals surface area contributed by atoms with E-state index in [0.717, 1.165) is 0 Å². The fourth-order valence-electron chi connectivity index (χ4n) is 1.45.